The fourth-order valence-corrected chi connectivity index (χ4v) is 5.23. The summed E-state index contributed by atoms with van der Waals surface area (Å²) < 4.78 is 0. The van der Waals surface area contributed by atoms with Crippen LogP contribution >= 0.6 is 11.3 Å². The highest BCUT2D eigenvalue weighted by atomic mass is 32.1. The van der Waals surface area contributed by atoms with E-state index in [-0.39, 0.29) is 17.9 Å². The summed E-state index contributed by atoms with van der Waals surface area (Å²) in [7, 11) is 0. The molecular formula is C23H20N2O2S. The number of aryl methyl sites for hydroxylation is 2. The number of amides is 2. The lowest BCUT2D eigenvalue weighted by molar-refractivity contribution is -0.115. The van der Waals surface area contributed by atoms with Gasteiger partial charge in [0.1, 0.15) is 0 Å². The summed E-state index contributed by atoms with van der Waals surface area (Å²) in [5, 5.41) is 5.96. The van der Waals surface area contributed by atoms with Crippen LogP contribution in [0.3, 0.4) is 0 Å². The van der Waals surface area contributed by atoms with Crippen molar-refractivity contribution in [1.82, 2.24) is 5.32 Å². The molecule has 28 heavy (non-hydrogen) atoms. The first-order valence-corrected chi connectivity index (χ1v) is 10.3. The van der Waals surface area contributed by atoms with Gasteiger partial charge in [-0.05, 0) is 59.7 Å². The predicted molar refractivity (Wildman–Crippen MR) is 112 cm³/mol. The van der Waals surface area contributed by atoms with Crippen LogP contribution in [-0.4, -0.2) is 11.8 Å². The molecule has 2 N–H and O–H groups in total. The monoisotopic (exact) mass is 388 g/mol. The van der Waals surface area contributed by atoms with Gasteiger partial charge in [-0.3, -0.25) is 9.59 Å². The lowest BCUT2D eigenvalue weighted by Gasteiger charge is -2.15. The molecule has 0 fully saturated rings. The van der Waals surface area contributed by atoms with Gasteiger partial charge in [-0.15, -0.1) is 11.3 Å². The average Bonchev–Trinajstić information content (AvgIpc) is 3.29. The Labute approximate surface area is 167 Å². The number of carbonyl (C=O) groups excluding carboxylic acids is 2. The molecule has 0 saturated heterocycles. The summed E-state index contributed by atoms with van der Waals surface area (Å²) in [6, 6.07) is 16.3. The van der Waals surface area contributed by atoms with Crippen LogP contribution in [0.1, 0.15) is 44.9 Å². The first-order valence-electron chi connectivity index (χ1n) is 9.53. The van der Waals surface area contributed by atoms with Gasteiger partial charge >= 0.3 is 0 Å². The second kappa shape index (κ2) is 6.60. The van der Waals surface area contributed by atoms with Gasteiger partial charge < -0.3 is 10.6 Å². The highest BCUT2D eigenvalue weighted by Crippen LogP contribution is 2.39. The van der Waals surface area contributed by atoms with Crippen molar-refractivity contribution in [2.24, 2.45) is 0 Å². The Morgan fingerprint density at radius 2 is 1.89 bits per heavy atom. The number of benzene rings is 2. The molecule has 2 amide bonds. The van der Waals surface area contributed by atoms with E-state index in [1.54, 1.807) is 11.3 Å². The molecule has 0 bridgehead atoms. The number of hydrogen-bond donors (Lipinski definition) is 2. The van der Waals surface area contributed by atoms with Crippen molar-refractivity contribution in [1.29, 1.82) is 0 Å². The van der Waals surface area contributed by atoms with Gasteiger partial charge in [0.25, 0.3) is 5.91 Å². The van der Waals surface area contributed by atoms with Crippen molar-refractivity contribution < 1.29 is 9.59 Å². The molecule has 0 radical (unpaired) electrons. The van der Waals surface area contributed by atoms with Gasteiger partial charge in [-0.25, -0.2) is 0 Å². The Morgan fingerprint density at radius 1 is 1.07 bits per heavy atom. The third-order valence-corrected chi connectivity index (χ3v) is 6.77. The Kier molecular flexibility index (Phi) is 4.05. The quantitative estimate of drug-likeness (QED) is 0.694. The second-order valence-corrected chi connectivity index (χ2v) is 8.51. The lowest BCUT2D eigenvalue weighted by Crippen LogP contribution is -2.25. The maximum Gasteiger partial charge on any atom is 0.261 e. The van der Waals surface area contributed by atoms with Crippen LogP contribution in [0.4, 0.5) is 5.69 Å². The van der Waals surface area contributed by atoms with E-state index < -0.39 is 0 Å². The largest absolute Gasteiger partial charge is 0.345 e. The van der Waals surface area contributed by atoms with Crippen molar-refractivity contribution in [2.45, 2.75) is 32.2 Å². The SMILES string of the molecule is C[C@H](NC(=O)c1cc2c(s1)-c1ccccc1CC2)c1ccc2c(c1)CC(=O)N2. The smallest absolute Gasteiger partial charge is 0.261 e. The molecule has 1 aliphatic heterocycles. The van der Waals surface area contributed by atoms with Crippen molar-refractivity contribution in [3.63, 3.8) is 0 Å². The average molecular weight is 388 g/mol. The maximum atomic E-state index is 12.9. The Balaban J connectivity index is 1.36. The van der Waals surface area contributed by atoms with Crippen LogP contribution in [0.2, 0.25) is 0 Å². The third kappa shape index (κ3) is 2.92. The first-order chi connectivity index (χ1) is 13.6. The van der Waals surface area contributed by atoms with E-state index in [4.69, 9.17) is 0 Å². The van der Waals surface area contributed by atoms with Gasteiger partial charge in [0.2, 0.25) is 5.91 Å². The minimum atomic E-state index is -0.125. The van der Waals surface area contributed by atoms with Crippen LogP contribution in [-0.2, 0) is 24.1 Å². The van der Waals surface area contributed by atoms with E-state index in [1.807, 2.05) is 31.2 Å². The number of anilines is 1. The highest BCUT2D eigenvalue weighted by Gasteiger charge is 2.23. The molecule has 1 atom stereocenters. The van der Waals surface area contributed by atoms with E-state index >= 15 is 0 Å². The fourth-order valence-electron chi connectivity index (χ4n) is 4.05. The van der Waals surface area contributed by atoms with E-state index in [2.05, 4.69) is 34.9 Å². The van der Waals surface area contributed by atoms with Gasteiger partial charge in [-0.1, -0.05) is 36.4 Å². The standard InChI is InChI=1S/C23H20N2O2S/c1-13(15-8-9-19-17(10-15)12-21(26)25-19)24-23(27)20-11-16-7-6-14-4-2-3-5-18(14)22(16)28-20/h2-5,8-11,13H,6-7,12H2,1H3,(H,24,27)(H,25,26)/t13-/m0/s1. The molecule has 5 heteroatoms. The minimum absolute atomic E-state index is 0.0216. The summed E-state index contributed by atoms with van der Waals surface area (Å²) in [4.78, 5) is 26.4. The minimum Gasteiger partial charge on any atom is -0.345 e. The topological polar surface area (TPSA) is 58.2 Å². The number of thiophene rings is 1. The van der Waals surface area contributed by atoms with E-state index in [1.165, 1.54) is 21.6 Å². The number of hydrogen-bond acceptors (Lipinski definition) is 3. The molecule has 0 spiro atoms. The van der Waals surface area contributed by atoms with Gasteiger partial charge in [0.15, 0.2) is 0 Å². The van der Waals surface area contributed by atoms with Crippen molar-refractivity contribution in [3.05, 3.63) is 75.7 Å². The highest BCUT2D eigenvalue weighted by molar-refractivity contribution is 7.17. The van der Waals surface area contributed by atoms with E-state index in [0.717, 1.165) is 34.5 Å². The summed E-state index contributed by atoms with van der Waals surface area (Å²) in [5.74, 6) is -0.0210. The van der Waals surface area contributed by atoms with E-state index in [0.29, 0.717) is 6.42 Å². The summed E-state index contributed by atoms with van der Waals surface area (Å²) in [5.41, 5.74) is 6.76. The molecule has 2 aliphatic rings. The Hall–Kier alpha value is -2.92. The molecule has 1 aromatic heterocycles. The van der Waals surface area contributed by atoms with Crippen LogP contribution < -0.4 is 10.6 Å². The Bertz CT molecular complexity index is 1120. The molecule has 4 nitrogen and oxygen atoms in total. The maximum absolute atomic E-state index is 12.9. The lowest BCUT2D eigenvalue weighted by atomic mass is 9.91. The first kappa shape index (κ1) is 17.2. The van der Waals surface area contributed by atoms with Crippen molar-refractivity contribution >= 4 is 28.8 Å². The molecule has 2 heterocycles. The molecule has 1 aliphatic carbocycles. The summed E-state index contributed by atoms with van der Waals surface area (Å²) >= 11 is 1.58. The Morgan fingerprint density at radius 3 is 2.79 bits per heavy atom. The second-order valence-electron chi connectivity index (χ2n) is 7.46. The normalized spacial score (nSPS) is 15.2. The van der Waals surface area contributed by atoms with Crippen LogP contribution in [0.25, 0.3) is 10.4 Å². The summed E-state index contributed by atoms with van der Waals surface area (Å²) in [6.07, 6.45) is 2.41. The van der Waals surface area contributed by atoms with Crippen molar-refractivity contribution in [3.8, 4) is 10.4 Å². The zero-order valence-corrected chi connectivity index (χ0v) is 16.4. The zero-order valence-electron chi connectivity index (χ0n) is 15.5. The molecule has 5 rings (SSSR count). The number of fused-ring (bicyclic) bond motifs is 4. The molecular weight excluding hydrogens is 368 g/mol. The van der Waals surface area contributed by atoms with E-state index in [9.17, 15) is 9.59 Å². The molecule has 140 valence electrons. The predicted octanol–water partition coefficient (Wildman–Crippen LogP) is 4.50. The molecule has 0 saturated carbocycles. The number of rotatable bonds is 3. The molecule has 2 aromatic carbocycles. The van der Waals surface area contributed by atoms with Crippen molar-refractivity contribution in [2.75, 3.05) is 5.32 Å². The number of nitrogens with one attached hydrogen (secondary N) is 2. The van der Waals surface area contributed by atoms with Gasteiger partial charge in [0, 0.05) is 10.6 Å². The van der Waals surface area contributed by atoms with Gasteiger partial charge in [0.05, 0.1) is 17.3 Å². The third-order valence-electron chi connectivity index (χ3n) is 5.56. The molecule has 3 aromatic rings. The van der Waals surface area contributed by atoms with Crippen LogP contribution in [0.15, 0.2) is 48.5 Å². The zero-order chi connectivity index (χ0) is 19.3. The van der Waals surface area contributed by atoms with Crippen LogP contribution in [0.5, 0.6) is 0 Å². The molecule has 0 unspecified atom stereocenters. The number of carbonyl (C=O) groups is 2. The summed E-state index contributed by atoms with van der Waals surface area (Å²) in [6.45, 7) is 1.98. The fraction of sp³-hybridized carbons (Fsp3) is 0.217. The van der Waals surface area contributed by atoms with Crippen LogP contribution in [0, 0.1) is 0 Å². The van der Waals surface area contributed by atoms with Gasteiger partial charge in [-0.2, -0.15) is 0 Å².